The molecule has 1 atom stereocenters. The number of para-hydroxylation sites is 2. The number of fused-ring (bicyclic) bond motifs is 1. The molecule has 1 aliphatic heterocycles. The molecule has 2 aromatic rings. The van der Waals surface area contributed by atoms with Gasteiger partial charge in [0.25, 0.3) is 5.56 Å². The van der Waals surface area contributed by atoms with Crippen LogP contribution in [0, 0.1) is 3.57 Å². The van der Waals surface area contributed by atoms with Crippen molar-refractivity contribution in [2.75, 3.05) is 6.61 Å². The highest BCUT2D eigenvalue weighted by atomic mass is 127. The van der Waals surface area contributed by atoms with Gasteiger partial charge in [-0.3, -0.25) is 4.79 Å². The summed E-state index contributed by atoms with van der Waals surface area (Å²) in [7, 11) is 0. The molecule has 0 amide bonds. The van der Waals surface area contributed by atoms with Gasteiger partial charge in [-0.05, 0) is 47.6 Å². The SMILES string of the molecule is O=c1[nH]c(C2COc3ccccc3O2)nc(C2CC2)c1I. The molecule has 2 heterocycles. The average molecular weight is 396 g/mol. The maximum absolute atomic E-state index is 12.1. The van der Waals surface area contributed by atoms with E-state index in [0.717, 1.165) is 24.3 Å². The predicted octanol–water partition coefficient (Wildman–Crippen LogP) is 2.76. The highest BCUT2D eigenvalue weighted by molar-refractivity contribution is 14.1. The molecule has 1 unspecified atom stereocenters. The van der Waals surface area contributed by atoms with Gasteiger partial charge >= 0.3 is 0 Å². The molecule has 1 aromatic carbocycles. The third-order valence-electron chi connectivity index (χ3n) is 3.68. The second-order valence-corrected chi connectivity index (χ2v) is 6.37. The molecule has 1 aliphatic carbocycles. The van der Waals surface area contributed by atoms with Crippen molar-refractivity contribution in [3.8, 4) is 11.5 Å². The number of ether oxygens (including phenoxy) is 2. The molecule has 6 heteroatoms. The minimum absolute atomic E-state index is 0.0926. The second-order valence-electron chi connectivity index (χ2n) is 5.29. The van der Waals surface area contributed by atoms with Gasteiger partial charge in [-0.1, -0.05) is 12.1 Å². The van der Waals surface area contributed by atoms with Crippen LogP contribution in [0.5, 0.6) is 11.5 Å². The van der Waals surface area contributed by atoms with Crippen LogP contribution >= 0.6 is 22.6 Å². The highest BCUT2D eigenvalue weighted by Gasteiger charge is 2.31. The first-order chi connectivity index (χ1) is 10.2. The first-order valence-corrected chi connectivity index (χ1v) is 7.98. The molecule has 1 saturated carbocycles. The zero-order valence-electron chi connectivity index (χ0n) is 11.1. The lowest BCUT2D eigenvalue weighted by Crippen LogP contribution is -2.27. The number of hydrogen-bond donors (Lipinski definition) is 1. The summed E-state index contributed by atoms with van der Waals surface area (Å²) in [4.78, 5) is 19.5. The first-order valence-electron chi connectivity index (χ1n) is 6.90. The van der Waals surface area contributed by atoms with Crippen LogP contribution in [0.15, 0.2) is 29.1 Å². The third kappa shape index (κ3) is 2.41. The smallest absolute Gasteiger partial charge is 0.264 e. The summed E-state index contributed by atoms with van der Waals surface area (Å²) in [5.74, 6) is 2.39. The van der Waals surface area contributed by atoms with Crippen molar-refractivity contribution in [2.24, 2.45) is 0 Å². The predicted molar refractivity (Wildman–Crippen MR) is 84.9 cm³/mol. The van der Waals surface area contributed by atoms with Crippen LogP contribution < -0.4 is 15.0 Å². The van der Waals surface area contributed by atoms with Crippen LogP contribution in [0.1, 0.15) is 36.4 Å². The zero-order chi connectivity index (χ0) is 14.4. The standard InChI is InChI=1S/C15H13IN2O3/c16-12-13(8-5-6-8)17-14(18-15(12)19)11-7-20-9-3-1-2-4-10(9)21-11/h1-4,8,11H,5-7H2,(H,17,18,19). The van der Waals surface area contributed by atoms with E-state index in [2.05, 4.69) is 32.6 Å². The molecular weight excluding hydrogens is 383 g/mol. The van der Waals surface area contributed by atoms with E-state index in [0.29, 0.717) is 27.7 Å². The fourth-order valence-electron chi connectivity index (χ4n) is 2.43. The number of aromatic amines is 1. The fourth-order valence-corrected chi connectivity index (χ4v) is 3.12. The minimum Gasteiger partial charge on any atom is -0.485 e. The Kier molecular flexibility index (Phi) is 3.13. The van der Waals surface area contributed by atoms with Crippen molar-refractivity contribution in [3.63, 3.8) is 0 Å². The molecule has 5 nitrogen and oxygen atoms in total. The van der Waals surface area contributed by atoms with E-state index in [1.54, 1.807) is 0 Å². The molecular formula is C15H13IN2O3. The summed E-state index contributed by atoms with van der Waals surface area (Å²) in [6.07, 6.45) is 1.84. The number of rotatable bonds is 2. The largest absolute Gasteiger partial charge is 0.485 e. The number of nitrogens with zero attached hydrogens (tertiary/aromatic N) is 1. The normalized spacial score (nSPS) is 20.3. The van der Waals surface area contributed by atoms with Gasteiger partial charge in [0.05, 0.1) is 9.26 Å². The van der Waals surface area contributed by atoms with E-state index in [-0.39, 0.29) is 11.7 Å². The van der Waals surface area contributed by atoms with Crippen LogP contribution in [-0.2, 0) is 0 Å². The van der Waals surface area contributed by atoms with Crippen molar-refractivity contribution in [2.45, 2.75) is 24.9 Å². The molecule has 0 radical (unpaired) electrons. The van der Waals surface area contributed by atoms with Gasteiger partial charge in [0.2, 0.25) is 0 Å². The van der Waals surface area contributed by atoms with E-state index >= 15 is 0 Å². The molecule has 1 N–H and O–H groups in total. The van der Waals surface area contributed by atoms with E-state index in [4.69, 9.17) is 9.47 Å². The Bertz CT molecular complexity index is 755. The number of nitrogens with one attached hydrogen (secondary N) is 1. The summed E-state index contributed by atoms with van der Waals surface area (Å²) in [6, 6.07) is 7.52. The molecule has 21 heavy (non-hydrogen) atoms. The Morgan fingerprint density at radius 1 is 1.24 bits per heavy atom. The van der Waals surface area contributed by atoms with E-state index in [1.165, 1.54) is 0 Å². The summed E-state index contributed by atoms with van der Waals surface area (Å²) in [5, 5.41) is 0. The lowest BCUT2D eigenvalue weighted by atomic mass is 10.2. The average Bonchev–Trinajstić information content (AvgIpc) is 3.34. The molecule has 1 fully saturated rings. The molecule has 0 bridgehead atoms. The van der Waals surface area contributed by atoms with Gasteiger partial charge in [0, 0.05) is 5.92 Å². The molecule has 0 saturated heterocycles. The van der Waals surface area contributed by atoms with Gasteiger partial charge in [0.1, 0.15) is 6.61 Å². The maximum Gasteiger partial charge on any atom is 0.264 e. The Labute approximate surface area is 134 Å². The Morgan fingerprint density at radius 3 is 2.76 bits per heavy atom. The van der Waals surface area contributed by atoms with E-state index in [1.807, 2.05) is 24.3 Å². The molecule has 1 aromatic heterocycles. The van der Waals surface area contributed by atoms with Gasteiger partial charge < -0.3 is 14.5 Å². The Hall–Kier alpha value is -1.57. The number of H-pyrrole nitrogens is 1. The van der Waals surface area contributed by atoms with Crippen LogP contribution in [0.25, 0.3) is 0 Å². The zero-order valence-corrected chi connectivity index (χ0v) is 13.3. The second kappa shape index (κ2) is 5.01. The van der Waals surface area contributed by atoms with E-state index < -0.39 is 0 Å². The fraction of sp³-hybridized carbons (Fsp3) is 0.333. The van der Waals surface area contributed by atoms with Crippen molar-refractivity contribution >= 4 is 22.6 Å². The molecule has 0 spiro atoms. The number of hydrogen-bond acceptors (Lipinski definition) is 4. The topological polar surface area (TPSA) is 64.2 Å². The molecule has 108 valence electrons. The maximum atomic E-state index is 12.1. The first kappa shape index (κ1) is 13.1. The van der Waals surface area contributed by atoms with Crippen LogP contribution in [0.2, 0.25) is 0 Å². The Morgan fingerprint density at radius 2 is 2.00 bits per heavy atom. The van der Waals surface area contributed by atoms with Crippen molar-refractivity contribution in [1.82, 2.24) is 9.97 Å². The minimum atomic E-state index is -0.373. The van der Waals surface area contributed by atoms with Crippen molar-refractivity contribution in [1.29, 1.82) is 0 Å². The molecule has 2 aliphatic rings. The summed E-state index contributed by atoms with van der Waals surface area (Å²) < 4.78 is 12.3. The monoisotopic (exact) mass is 396 g/mol. The van der Waals surface area contributed by atoms with Crippen LogP contribution in [0.4, 0.5) is 0 Å². The third-order valence-corrected chi connectivity index (χ3v) is 4.73. The quantitative estimate of drug-likeness (QED) is 0.794. The lowest BCUT2D eigenvalue weighted by molar-refractivity contribution is 0.0846. The van der Waals surface area contributed by atoms with E-state index in [9.17, 15) is 4.79 Å². The number of aromatic nitrogens is 2. The summed E-state index contributed by atoms with van der Waals surface area (Å²) in [5.41, 5.74) is 0.807. The summed E-state index contributed by atoms with van der Waals surface area (Å²) in [6.45, 7) is 0.352. The number of halogens is 1. The molecule has 4 rings (SSSR count). The van der Waals surface area contributed by atoms with Gasteiger partial charge in [-0.25, -0.2) is 4.98 Å². The van der Waals surface area contributed by atoms with Crippen LogP contribution in [-0.4, -0.2) is 16.6 Å². The Balaban J connectivity index is 1.70. The van der Waals surface area contributed by atoms with Gasteiger partial charge in [-0.2, -0.15) is 0 Å². The van der Waals surface area contributed by atoms with Crippen LogP contribution in [0.3, 0.4) is 0 Å². The number of benzene rings is 1. The summed E-state index contributed by atoms with van der Waals surface area (Å²) >= 11 is 2.07. The van der Waals surface area contributed by atoms with Gasteiger partial charge in [0.15, 0.2) is 23.4 Å². The van der Waals surface area contributed by atoms with Crippen molar-refractivity contribution in [3.05, 3.63) is 49.7 Å². The highest BCUT2D eigenvalue weighted by Crippen LogP contribution is 2.41. The van der Waals surface area contributed by atoms with Gasteiger partial charge in [-0.15, -0.1) is 0 Å². The van der Waals surface area contributed by atoms with Crippen molar-refractivity contribution < 1.29 is 9.47 Å². The lowest BCUT2D eigenvalue weighted by Gasteiger charge is -2.26.